The highest BCUT2D eigenvalue weighted by Gasteiger charge is 2.19. The van der Waals surface area contributed by atoms with Gasteiger partial charge in [-0.1, -0.05) is 11.6 Å². The fraction of sp³-hybridized carbons (Fsp3) is 0.167. The van der Waals surface area contributed by atoms with Crippen molar-refractivity contribution in [2.45, 2.75) is 0 Å². The number of halogens is 2. The molecule has 0 N–H and O–H groups in total. The maximum Gasteiger partial charge on any atom is 0.214 e. The first-order chi connectivity index (χ1) is 8.54. The van der Waals surface area contributed by atoms with E-state index < -0.39 is 0 Å². The maximum atomic E-state index is 12.4. The molecular weight excluding hydrogens is 320 g/mol. The minimum Gasteiger partial charge on any atom is -0.493 e. The number of carbonyl (C=O) groups excluding carboxylic acids is 1. The summed E-state index contributed by atoms with van der Waals surface area (Å²) in [7, 11) is 3.20. The van der Waals surface area contributed by atoms with Gasteiger partial charge in [-0.05, 0) is 34.1 Å². The zero-order valence-electron chi connectivity index (χ0n) is 9.78. The molecule has 0 atom stereocenters. The van der Waals surface area contributed by atoms with Crippen molar-refractivity contribution < 1.29 is 9.53 Å². The van der Waals surface area contributed by atoms with Gasteiger partial charge in [-0.15, -0.1) is 0 Å². The number of hydrogen-bond acceptors (Lipinski definition) is 3. The number of aromatic nitrogens is 2. The van der Waals surface area contributed by atoms with Gasteiger partial charge in [-0.2, -0.15) is 5.10 Å². The van der Waals surface area contributed by atoms with E-state index in [2.05, 4.69) is 21.0 Å². The Kier molecular flexibility index (Phi) is 3.73. The Balaban J connectivity index is 2.47. The second-order valence-electron chi connectivity index (χ2n) is 3.64. The summed E-state index contributed by atoms with van der Waals surface area (Å²) in [5, 5.41) is 4.57. The summed E-state index contributed by atoms with van der Waals surface area (Å²) < 4.78 is 7.29. The van der Waals surface area contributed by atoms with Gasteiger partial charge >= 0.3 is 0 Å². The average molecular weight is 330 g/mol. The monoisotopic (exact) mass is 328 g/mol. The van der Waals surface area contributed by atoms with Gasteiger partial charge in [0, 0.05) is 17.1 Å². The fourth-order valence-electron chi connectivity index (χ4n) is 1.60. The van der Waals surface area contributed by atoms with Gasteiger partial charge in [-0.3, -0.25) is 9.48 Å². The fourth-order valence-corrected chi connectivity index (χ4v) is 2.10. The van der Waals surface area contributed by atoms with Crippen molar-refractivity contribution in [2.24, 2.45) is 7.05 Å². The molecule has 0 aliphatic rings. The van der Waals surface area contributed by atoms with Crippen LogP contribution in [0.2, 0.25) is 5.02 Å². The number of nitrogens with zero attached hydrogens (tertiary/aromatic N) is 2. The predicted molar refractivity (Wildman–Crippen MR) is 72.3 cm³/mol. The molecule has 0 saturated carbocycles. The molecule has 4 nitrogen and oxygen atoms in total. The molecule has 1 aromatic heterocycles. The molecule has 94 valence electrons. The summed E-state index contributed by atoms with van der Waals surface area (Å²) >= 11 is 9.19. The summed E-state index contributed by atoms with van der Waals surface area (Å²) in [6.07, 6.45) is 1.51. The van der Waals surface area contributed by atoms with Gasteiger partial charge in [0.2, 0.25) is 5.78 Å². The lowest BCUT2D eigenvalue weighted by molar-refractivity contribution is 0.102. The van der Waals surface area contributed by atoms with Crippen LogP contribution in [-0.4, -0.2) is 22.7 Å². The van der Waals surface area contributed by atoms with Crippen LogP contribution in [0.15, 0.2) is 28.9 Å². The molecule has 0 amide bonds. The molecule has 0 spiro atoms. The predicted octanol–water partition coefficient (Wildman–Crippen LogP) is 3.08. The summed E-state index contributed by atoms with van der Waals surface area (Å²) in [6, 6.07) is 5.01. The lowest BCUT2D eigenvalue weighted by Gasteiger charge is -2.05. The number of carbonyl (C=O) groups is 1. The van der Waals surface area contributed by atoms with Crippen molar-refractivity contribution in [3.8, 4) is 5.75 Å². The molecule has 2 aromatic rings. The summed E-state index contributed by atoms with van der Waals surface area (Å²) in [5.74, 6) is 0.290. The number of aryl methyl sites for hydroxylation is 1. The molecule has 0 radical (unpaired) electrons. The van der Waals surface area contributed by atoms with Gasteiger partial charge in [0.05, 0.1) is 18.3 Å². The quantitative estimate of drug-likeness (QED) is 0.813. The topological polar surface area (TPSA) is 44.1 Å². The average Bonchev–Trinajstić information content (AvgIpc) is 2.73. The van der Waals surface area contributed by atoms with Crippen LogP contribution in [-0.2, 0) is 7.05 Å². The minimum absolute atomic E-state index is 0.163. The van der Waals surface area contributed by atoms with Crippen LogP contribution in [0.3, 0.4) is 0 Å². The number of benzene rings is 1. The van der Waals surface area contributed by atoms with Gasteiger partial charge in [0.1, 0.15) is 0 Å². The van der Waals surface area contributed by atoms with E-state index in [4.69, 9.17) is 16.3 Å². The number of hydrogen-bond donors (Lipinski definition) is 0. The second-order valence-corrected chi connectivity index (χ2v) is 4.90. The van der Waals surface area contributed by atoms with E-state index in [1.807, 2.05) is 0 Å². The van der Waals surface area contributed by atoms with Crippen LogP contribution < -0.4 is 4.74 Å². The molecule has 0 aliphatic carbocycles. The third kappa shape index (κ3) is 2.28. The Morgan fingerprint density at radius 1 is 1.50 bits per heavy atom. The summed E-state index contributed by atoms with van der Waals surface area (Å²) in [5.41, 5.74) is 0.930. The molecule has 0 saturated heterocycles. The Morgan fingerprint density at radius 3 is 2.83 bits per heavy atom. The standard InChI is InChI=1S/C12H10BrClN2O2/c1-16-11(10(18-2)6-15-16)12(17)7-3-4-9(14)8(13)5-7/h3-6H,1-2H3. The molecule has 0 unspecified atom stereocenters. The van der Waals surface area contributed by atoms with E-state index in [0.29, 0.717) is 26.5 Å². The Bertz CT molecular complexity index is 610. The van der Waals surface area contributed by atoms with E-state index in [1.54, 1.807) is 25.2 Å². The summed E-state index contributed by atoms with van der Waals surface area (Å²) in [6.45, 7) is 0. The lowest BCUT2D eigenvalue weighted by atomic mass is 10.1. The van der Waals surface area contributed by atoms with E-state index in [1.165, 1.54) is 18.0 Å². The van der Waals surface area contributed by atoms with E-state index >= 15 is 0 Å². The molecule has 0 fully saturated rings. The Labute approximate surface area is 118 Å². The van der Waals surface area contributed by atoms with Gasteiger partial charge in [-0.25, -0.2) is 0 Å². The van der Waals surface area contributed by atoms with Crippen LogP contribution >= 0.6 is 27.5 Å². The summed E-state index contributed by atoms with van der Waals surface area (Å²) in [4.78, 5) is 12.4. The van der Waals surface area contributed by atoms with Crippen LogP contribution in [0.4, 0.5) is 0 Å². The highest BCUT2D eigenvalue weighted by molar-refractivity contribution is 9.10. The van der Waals surface area contributed by atoms with Gasteiger partial charge < -0.3 is 4.74 Å². The van der Waals surface area contributed by atoms with Crippen molar-refractivity contribution in [1.29, 1.82) is 0 Å². The second kappa shape index (κ2) is 5.12. The third-order valence-electron chi connectivity index (χ3n) is 2.52. The van der Waals surface area contributed by atoms with Gasteiger partial charge in [0.15, 0.2) is 11.4 Å². The van der Waals surface area contributed by atoms with E-state index in [9.17, 15) is 4.79 Å². The highest BCUT2D eigenvalue weighted by Crippen LogP contribution is 2.26. The molecule has 0 bridgehead atoms. The van der Waals surface area contributed by atoms with Crippen molar-refractivity contribution in [3.05, 3.63) is 45.1 Å². The number of ether oxygens (including phenoxy) is 1. The first-order valence-electron chi connectivity index (χ1n) is 5.10. The number of ketones is 1. The third-order valence-corrected chi connectivity index (χ3v) is 3.74. The van der Waals surface area contributed by atoms with Crippen molar-refractivity contribution in [3.63, 3.8) is 0 Å². The molecule has 1 aromatic carbocycles. The SMILES string of the molecule is COc1cnn(C)c1C(=O)c1ccc(Cl)c(Br)c1. The van der Waals surface area contributed by atoms with Crippen molar-refractivity contribution in [2.75, 3.05) is 7.11 Å². The molecule has 0 aliphatic heterocycles. The first kappa shape index (κ1) is 13.1. The molecular formula is C12H10BrClN2O2. The first-order valence-corrected chi connectivity index (χ1v) is 6.27. The normalized spacial score (nSPS) is 10.4. The van der Waals surface area contributed by atoms with E-state index in [-0.39, 0.29) is 5.78 Å². The zero-order chi connectivity index (χ0) is 13.3. The number of rotatable bonds is 3. The smallest absolute Gasteiger partial charge is 0.214 e. The van der Waals surface area contributed by atoms with Crippen LogP contribution in [0, 0.1) is 0 Å². The molecule has 6 heteroatoms. The minimum atomic E-state index is -0.163. The van der Waals surface area contributed by atoms with Crippen LogP contribution in [0.1, 0.15) is 16.1 Å². The number of methoxy groups -OCH3 is 1. The van der Waals surface area contributed by atoms with Crippen molar-refractivity contribution >= 4 is 33.3 Å². The molecule has 1 heterocycles. The molecule has 2 rings (SSSR count). The van der Waals surface area contributed by atoms with Crippen molar-refractivity contribution in [1.82, 2.24) is 9.78 Å². The zero-order valence-corrected chi connectivity index (χ0v) is 12.1. The van der Waals surface area contributed by atoms with Crippen LogP contribution in [0.25, 0.3) is 0 Å². The van der Waals surface area contributed by atoms with Gasteiger partial charge in [0.25, 0.3) is 0 Å². The molecule has 18 heavy (non-hydrogen) atoms. The lowest BCUT2D eigenvalue weighted by Crippen LogP contribution is -2.09. The van der Waals surface area contributed by atoms with E-state index in [0.717, 1.165) is 0 Å². The largest absolute Gasteiger partial charge is 0.493 e. The Morgan fingerprint density at radius 2 is 2.22 bits per heavy atom. The maximum absolute atomic E-state index is 12.4. The highest BCUT2D eigenvalue weighted by atomic mass is 79.9. The van der Waals surface area contributed by atoms with Crippen LogP contribution in [0.5, 0.6) is 5.75 Å². The Hall–Kier alpha value is -1.33.